The molecular formula is C57H56Cl2F6Zr. The second kappa shape index (κ2) is 19.0. The minimum absolute atomic E-state index is 0. The summed E-state index contributed by atoms with van der Waals surface area (Å²) in [4.78, 5) is 0. The molecular weight excluding hydrogens is 961 g/mol. The van der Waals surface area contributed by atoms with Crippen LogP contribution < -0.4 is 3.27 Å². The molecule has 0 N–H and O–H groups in total. The first-order chi connectivity index (χ1) is 30.0. The number of rotatable bonds is 7. The summed E-state index contributed by atoms with van der Waals surface area (Å²) >= 11 is -4.06. The Hall–Kier alpha value is -4.29. The summed E-state index contributed by atoms with van der Waals surface area (Å²) in [7, 11) is 0. The van der Waals surface area contributed by atoms with E-state index in [1.165, 1.54) is 46.5 Å². The molecule has 6 aromatic rings. The summed E-state index contributed by atoms with van der Waals surface area (Å²) in [6.45, 7) is 21.3. The number of fused-ring (bicyclic) bond motifs is 3. The van der Waals surface area contributed by atoms with Crippen molar-refractivity contribution in [3.63, 3.8) is 0 Å². The zero-order valence-corrected chi connectivity index (χ0v) is 43.1. The molecule has 0 aliphatic heterocycles. The van der Waals surface area contributed by atoms with E-state index in [0.29, 0.717) is 20.8 Å². The average molecular weight is 1020 g/mol. The molecule has 0 radical (unpaired) electrons. The van der Waals surface area contributed by atoms with Crippen LogP contribution >= 0.6 is 24.8 Å². The predicted octanol–water partition coefficient (Wildman–Crippen LogP) is 16.7. The van der Waals surface area contributed by atoms with E-state index in [2.05, 4.69) is 136 Å². The number of aryl methyl sites for hydroxylation is 6. The third kappa shape index (κ3) is 9.69. The van der Waals surface area contributed by atoms with Gasteiger partial charge in [0.25, 0.3) is 0 Å². The van der Waals surface area contributed by atoms with Crippen LogP contribution in [-0.4, -0.2) is 3.21 Å². The maximum absolute atomic E-state index is 14.8. The molecule has 0 saturated carbocycles. The topological polar surface area (TPSA) is 0 Å². The van der Waals surface area contributed by atoms with Gasteiger partial charge in [-0.2, -0.15) is 0 Å². The molecule has 0 heterocycles. The van der Waals surface area contributed by atoms with Crippen LogP contribution in [0.25, 0.3) is 33.4 Å². The van der Waals surface area contributed by atoms with Crippen molar-refractivity contribution in [3.05, 3.63) is 191 Å². The van der Waals surface area contributed by atoms with E-state index in [9.17, 15) is 26.3 Å². The number of halogens is 8. The first-order valence-electron chi connectivity index (χ1n) is 22.0. The van der Waals surface area contributed by atoms with Gasteiger partial charge in [0.2, 0.25) is 0 Å². The molecule has 6 aromatic carbocycles. The van der Waals surface area contributed by atoms with Gasteiger partial charge in [-0.15, -0.1) is 24.8 Å². The van der Waals surface area contributed by atoms with E-state index in [-0.39, 0.29) is 36.1 Å². The number of hydrogen-bond acceptors (Lipinski definition) is 0. The molecule has 9 heteroatoms. The summed E-state index contributed by atoms with van der Waals surface area (Å²) in [5, 5.41) is 0. The average Bonchev–Trinajstić information content (AvgIpc) is 3.81. The molecule has 66 heavy (non-hydrogen) atoms. The number of hydrogen-bond donors (Lipinski definition) is 0. The Bertz CT molecular complexity index is 2870. The molecule has 2 aliphatic carbocycles. The number of allylic oxidation sites excluding steroid dienone is 4. The fraction of sp³-hybridized carbons (Fsp3) is 0.281. The summed E-state index contributed by atoms with van der Waals surface area (Å²) < 4.78 is 91.5. The normalized spacial score (nSPS) is 14.5. The Morgan fingerprint density at radius 3 is 1.56 bits per heavy atom. The quantitative estimate of drug-likeness (QED) is 0.140. The van der Waals surface area contributed by atoms with Crippen molar-refractivity contribution in [2.45, 2.75) is 94.4 Å². The second-order valence-electron chi connectivity index (χ2n) is 19.0. The third-order valence-electron chi connectivity index (χ3n) is 13.1. The molecule has 8 rings (SSSR count). The van der Waals surface area contributed by atoms with Crippen molar-refractivity contribution in [3.8, 4) is 33.4 Å². The first kappa shape index (κ1) is 51.1. The first-order valence-corrected chi connectivity index (χ1v) is 25.7. The van der Waals surface area contributed by atoms with Crippen molar-refractivity contribution in [2.75, 3.05) is 0 Å². The van der Waals surface area contributed by atoms with Crippen LogP contribution in [0.2, 0.25) is 0 Å². The van der Waals surface area contributed by atoms with Crippen molar-refractivity contribution in [1.29, 1.82) is 0 Å². The smallest absolute Gasteiger partial charge is 0.147 e. The number of benzene rings is 6. The minimum Gasteiger partial charge on any atom is -0.147 e. The van der Waals surface area contributed by atoms with Crippen molar-refractivity contribution in [1.82, 2.24) is 0 Å². The summed E-state index contributed by atoms with van der Waals surface area (Å²) in [6.07, 6.45) is -3.42. The van der Waals surface area contributed by atoms with Crippen LogP contribution in [0, 0.1) is 52.9 Å². The van der Waals surface area contributed by atoms with Crippen molar-refractivity contribution in [2.24, 2.45) is 11.3 Å². The molecule has 0 spiro atoms. The Morgan fingerprint density at radius 1 is 0.591 bits per heavy atom. The standard InChI is InChI=1S/C31H29.C15H8F6.C11H17.2ClH.Zr/c1-18-11-20(3)30(21(4)12-18)24-7-9-28-26(15-24)17-27-16-25(8-10-29(27)28)31-22(5)13-19(2)14-23(31)6;16-14(17,18)12-5-1-3-10(8-12)7-11-4-2-6-13(9-11)15(19,20)21;1-5-9-6-7-10(8-9)11(2,3)4;;;/h7-15H,17H2,1-6H3;1-6,8-9H;7-9H,5H2,1-4H3;2*1H;. The zero-order valence-electron chi connectivity index (χ0n) is 39.0. The maximum atomic E-state index is 14.8. The minimum atomic E-state index is -4.67. The Labute approximate surface area is 406 Å². The van der Waals surface area contributed by atoms with Gasteiger partial charge >= 0.3 is 384 Å². The number of alkyl halides is 6. The third-order valence-corrected chi connectivity index (χ3v) is 21.1. The fourth-order valence-corrected chi connectivity index (χ4v) is 19.5. The van der Waals surface area contributed by atoms with Gasteiger partial charge in [0.15, 0.2) is 0 Å². The Morgan fingerprint density at radius 2 is 1.08 bits per heavy atom. The molecule has 0 amide bonds. The van der Waals surface area contributed by atoms with Crippen LogP contribution in [-0.2, 0) is 40.0 Å². The molecule has 2 aliphatic rings. The van der Waals surface area contributed by atoms with Crippen LogP contribution in [0.4, 0.5) is 26.3 Å². The molecule has 0 nitrogen and oxygen atoms in total. The molecule has 0 aromatic heterocycles. The molecule has 0 fully saturated rings. The van der Waals surface area contributed by atoms with Crippen molar-refractivity contribution >= 4 is 31.3 Å². The molecule has 1 atom stereocenters. The monoisotopic (exact) mass is 1010 g/mol. The Kier molecular flexibility index (Phi) is 14.7. The maximum Gasteiger partial charge on any atom is -0.147 e. The summed E-state index contributed by atoms with van der Waals surface area (Å²) in [6, 6.07) is 30.5. The van der Waals surface area contributed by atoms with Gasteiger partial charge < -0.3 is 0 Å². The van der Waals surface area contributed by atoms with E-state index in [1.54, 1.807) is 12.1 Å². The Balaban J connectivity index is 0.00000360. The molecule has 0 saturated heterocycles. The zero-order chi connectivity index (χ0) is 46.2. The van der Waals surface area contributed by atoms with Crippen LogP contribution in [0.5, 0.6) is 0 Å². The van der Waals surface area contributed by atoms with Gasteiger partial charge in [-0.1, -0.05) is 0 Å². The van der Waals surface area contributed by atoms with E-state index < -0.39 is 44.7 Å². The summed E-state index contributed by atoms with van der Waals surface area (Å²) in [5.41, 5.74) is 15.5. The van der Waals surface area contributed by atoms with Gasteiger partial charge in [-0.3, -0.25) is 0 Å². The van der Waals surface area contributed by atoms with E-state index in [0.717, 1.165) is 86.3 Å². The predicted molar refractivity (Wildman–Crippen MR) is 264 cm³/mol. The van der Waals surface area contributed by atoms with E-state index in [1.807, 2.05) is 0 Å². The molecule has 344 valence electrons. The largest absolute Gasteiger partial charge is 0.147 e. The van der Waals surface area contributed by atoms with Gasteiger partial charge in [-0.25, -0.2) is 0 Å². The van der Waals surface area contributed by atoms with Crippen molar-refractivity contribution < 1.29 is 47.6 Å². The molecule has 0 bridgehead atoms. The van der Waals surface area contributed by atoms with Gasteiger partial charge in [0.1, 0.15) is 0 Å². The van der Waals surface area contributed by atoms with Crippen LogP contribution in [0.15, 0.2) is 124 Å². The fourth-order valence-electron chi connectivity index (χ4n) is 10.4. The van der Waals surface area contributed by atoms with E-state index >= 15 is 0 Å². The SMILES string of the molecule is CCC1C=C(C(C)(C)C)C=[C]1[Zr](=[C](c1cccc(C(F)(F)F)c1)c1cccc(C(F)(F)F)c1)[c]1c(-c2c(C)cc(C)cc2C)ccc2c1Cc1cc(-c3c(C)cc(C)cc3C)ccc1-2.Cl.Cl. The van der Waals surface area contributed by atoms with Gasteiger partial charge in [0, 0.05) is 0 Å². The second-order valence-corrected chi connectivity index (χ2v) is 24.7. The van der Waals surface area contributed by atoms with Crippen LogP contribution in [0.3, 0.4) is 0 Å². The summed E-state index contributed by atoms with van der Waals surface area (Å²) in [5.74, 6) is -0.0537. The van der Waals surface area contributed by atoms with E-state index in [4.69, 9.17) is 0 Å². The van der Waals surface area contributed by atoms with Gasteiger partial charge in [-0.05, 0) is 0 Å². The van der Waals surface area contributed by atoms with Crippen LogP contribution in [0.1, 0.15) is 101 Å². The molecule has 1 unspecified atom stereocenters. The van der Waals surface area contributed by atoms with Gasteiger partial charge in [0.05, 0.1) is 0 Å².